The minimum atomic E-state index is 0.322. The highest BCUT2D eigenvalue weighted by molar-refractivity contribution is 5.48. The maximum absolute atomic E-state index is 8.63. The second kappa shape index (κ2) is 15.3. The normalized spacial score (nSPS) is 8.82. The highest BCUT2D eigenvalue weighted by Gasteiger charge is 1.98. The molecule has 3 aromatic carbocycles. The molecular weight excluding hydrogens is 342 g/mol. The van der Waals surface area contributed by atoms with Crippen LogP contribution in [-0.4, -0.2) is 5.11 Å². The van der Waals surface area contributed by atoms with Gasteiger partial charge in [0.2, 0.25) is 0 Å². The van der Waals surface area contributed by atoms with Gasteiger partial charge in [0.1, 0.15) is 5.75 Å². The molecule has 3 rings (SSSR count). The van der Waals surface area contributed by atoms with Crippen LogP contribution in [0.5, 0.6) is 5.75 Å². The Labute approximate surface area is 172 Å². The number of phenolic OH excluding ortho intramolecular Hbond substituents is 1. The third kappa shape index (κ3) is 9.82. The van der Waals surface area contributed by atoms with E-state index < -0.39 is 0 Å². The Morgan fingerprint density at radius 3 is 1.71 bits per heavy atom. The summed E-state index contributed by atoms with van der Waals surface area (Å²) in [4.78, 5) is 0. The van der Waals surface area contributed by atoms with Gasteiger partial charge < -0.3 is 10.4 Å². The number of nitrogens with one attached hydrogen (secondary N) is 1. The van der Waals surface area contributed by atoms with Gasteiger partial charge in [0, 0.05) is 12.2 Å². The first-order chi connectivity index (χ1) is 13.6. The topological polar surface area (TPSA) is 32.3 Å². The molecule has 0 fully saturated rings. The van der Waals surface area contributed by atoms with Gasteiger partial charge in [0.05, 0.1) is 0 Å². The van der Waals surface area contributed by atoms with Gasteiger partial charge >= 0.3 is 0 Å². The molecule has 0 aliphatic carbocycles. The molecule has 0 radical (unpaired) electrons. The number of rotatable bonds is 3. The fraction of sp³-hybridized carbons (Fsp3) is 0.308. The maximum Gasteiger partial charge on any atom is 0.115 e. The molecule has 3 aromatic rings. The summed E-state index contributed by atoms with van der Waals surface area (Å²) >= 11 is 0. The number of phenols is 1. The molecule has 0 aliphatic rings. The van der Waals surface area contributed by atoms with Gasteiger partial charge in [-0.15, -0.1) is 0 Å². The van der Waals surface area contributed by atoms with Crippen molar-refractivity contribution in [2.75, 3.05) is 5.32 Å². The van der Waals surface area contributed by atoms with Crippen LogP contribution in [0.3, 0.4) is 0 Å². The molecule has 28 heavy (non-hydrogen) atoms. The summed E-state index contributed by atoms with van der Waals surface area (Å²) in [5.74, 6) is 0.322. The van der Waals surface area contributed by atoms with Gasteiger partial charge in [-0.25, -0.2) is 0 Å². The molecular formula is C26H37NO. The Morgan fingerprint density at radius 1 is 0.643 bits per heavy atom. The summed E-state index contributed by atoms with van der Waals surface area (Å²) in [6.45, 7) is 15.3. The largest absolute Gasteiger partial charge is 0.508 e. The van der Waals surface area contributed by atoms with E-state index in [4.69, 9.17) is 5.11 Å². The van der Waals surface area contributed by atoms with Crippen molar-refractivity contribution in [1.29, 1.82) is 0 Å². The van der Waals surface area contributed by atoms with Gasteiger partial charge in [-0.05, 0) is 67.3 Å². The number of hydrogen-bond donors (Lipinski definition) is 2. The molecule has 152 valence electrons. The van der Waals surface area contributed by atoms with E-state index in [1.54, 1.807) is 24.3 Å². The molecule has 0 saturated carbocycles. The number of anilines is 1. The Kier molecular flexibility index (Phi) is 13.8. The van der Waals surface area contributed by atoms with Crippen molar-refractivity contribution < 1.29 is 5.11 Å². The number of hydrogen-bond acceptors (Lipinski definition) is 2. The van der Waals surface area contributed by atoms with Gasteiger partial charge in [-0.2, -0.15) is 0 Å². The van der Waals surface area contributed by atoms with Crippen LogP contribution in [0.15, 0.2) is 72.8 Å². The lowest BCUT2D eigenvalue weighted by atomic mass is 10.1. The summed E-state index contributed by atoms with van der Waals surface area (Å²) in [5.41, 5.74) is 6.55. The van der Waals surface area contributed by atoms with E-state index >= 15 is 0 Å². The molecule has 0 saturated heterocycles. The maximum atomic E-state index is 8.63. The number of benzene rings is 3. The Hall–Kier alpha value is -2.74. The van der Waals surface area contributed by atoms with Crippen molar-refractivity contribution in [3.05, 3.63) is 95.1 Å². The van der Waals surface area contributed by atoms with Crippen molar-refractivity contribution in [3.8, 4) is 5.75 Å². The summed E-state index contributed by atoms with van der Waals surface area (Å²) < 4.78 is 0. The zero-order chi connectivity index (χ0) is 21.4. The number of para-hydroxylation sites is 1. The fourth-order valence-electron chi connectivity index (χ4n) is 2.29. The average Bonchev–Trinajstić information content (AvgIpc) is 2.74. The first-order valence-corrected chi connectivity index (χ1v) is 10.2. The van der Waals surface area contributed by atoms with Gasteiger partial charge in [0.15, 0.2) is 0 Å². The highest BCUT2D eigenvalue weighted by atomic mass is 16.3. The van der Waals surface area contributed by atoms with Crippen molar-refractivity contribution >= 4 is 5.69 Å². The standard InChI is InChI=1S/C16H19N.C6H6O.2C2H6/c1-12-8-9-16(10-14(12)3)17-11-15-7-5-4-6-13(15)2;7-6-4-2-1-3-5-6;2*1-2/h4-10,17H,11H2,1-3H3;1-5,7H;2*1-2H3. The summed E-state index contributed by atoms with van der Waals surface area (Å²) in [6, 6.07) is 23.7. The van der Waals surface area contributed by atoms with Gasteiger partial charge in [-0.3, -0.25) is 0 Å². The fourth-order valence-corrected chi connectivity index (χ4v) is 2.29. The van der Waals surface area contributed by atoms with E-state index in [1.807, 2.05) is 33.8 Å². The lowest BCUT2D eigenvalue weighted by Crippen LogP contribution is -2.01. The van der Waals surface area contributed by atoms with E-state index in [2.05, 4.69) is 68.6 Å². The van der Waals surface area contributed by atoms with E-state index in [-0.39, 0.29) is 0 Å². The Balaban J connectivity index is 0.000000553. The zero-order valence-corrected chi connectivity index (χ0v) is 18.6. The van der Waals surface area contributed by atoms with E-state index in [1.165, 1.54) is 27.9 Å². The first-order valence-electron chi connectivity index (χ1n) is 10.2. The van der Waals surface area contributed by atoms with Crippen molar-refractivity contribution in [2.24, 2.45) is 0 Å². The molecule has 0 bridgehead atoms. The van der Waals surface area contributed by atoms with Crippen LogP contribution in [-0.2, 0) is 6.54 Å². The predicted molar refractivity (Wildman–Crippen MR) is 125 cm³/mol. The SMILES string of the molecule is CC.CC.Cc1ccc(NCc2ccccc2C)cc1C.Oc1ccccc1. The van der Waals surface area contributed by atoms with Gasteiger partial charge in [-0.1, -0.05) is 76.2 Å². The lowest BCUT2D eigenvalue weighted by molar-refractivity contribution is 0.475. The van der Waals surface area contributed by atoms with Crippen LogP contribution < -0.4 is 5.32 Å². The van der Waals surface area contributed by atoms with Crippen molar-refractivity contribution in [3.63, 3.8) is 0 Å². The molecule has 0 heterocycles. The van der Waals surface area contributed by atoms with E-state index in [9.17, 15) is 0 Å². The Morgan fingerprint density at radius 2 is 1.21 bits per heavy atom. The van der Waals surface area contributed by atoms with E-state index in [0.29, 0.717) is 5.75 Å². The third-order valence-electron chi connectivity index (χ3n) is 4.01. The quantitative estimate of drug-likeness (QED) is 0.489. The number of aryl methyl sites for hydroxylation is 3. The van der Waals surface area contributed by atoms with Crippen LogP contribution >= 0.6 is 0 Å². The highest BCUT2D eigenvalue weighted by Crippen LogP contribution is 2.16. The van der Waals surface area contributed by atoms with Crippen LogP contribution in [0.2, 0.25) is 0 Å². The minimum Gasteiger partial charge on any atom is -0.508 e. The molecule has 2 heteroatoms. The second-order valence-electron chi connectivity index (χ2n) is 5.91. The summed E-state index contributed by atoms with van der Waals surface area (Å²) in [7, 11) is 0. The average molecular weight is 380 g/mol. The summed E-state index contributed by atoms with van der Waals surface area (Å²) in [5, 5.41) is 12.1. The first kappa shape index (κ1) is 25.3. The lowest BCUT2D eigenvalue weighted by Gasteiger charge is -2.10. The summed E-state index contributed by atoms with van der Waals surface area (Å²) in [6.07, 6.45) is 0. The molecule has 2 nitrogen and oxygen atoms in total. The number of aromatic hydroxyl groups is 1. The predicted octanol–water partition coefficient (Wildman–Crippen LogP) is 7.67. The zero-order valence-electron chi connectivity index (χ0n) is 18.6. The van der Waals surface area contributed by atoms with Gasteiger partial charge in [0.25, 0.3) is 0 Å². The smallest absolute Gasteiger partial charge is 0.115 e. The molecule has 0 unspecified atom stereocenters. The van der Waals surface area contributed by atoms with Crippen LogP contribution in [0.4, 0.5) is 5.69 Å². The molecule has 0 atom stereocenters. The van der Waals surface area contributed by atoms with Crippen LogP contribution in [0.1, 0.15) is 49.9 Å². The van der Waals surface area contributed by atoms with E-state index in [0.717, 1.165) is 6.54 Å². The Bertz CT molecular complexity index is 766. The van der Waals surface area contributed by atoms with Crippen LogP contribution in [0, 0.1) is 20.8 Å². The molecule has 0 aromatic heterocycles. The molecule has 0 spiro atoms. The molecule has 0 amide bonds. The third-order valence-corrected chi connectivity index (χ3v) is 4.01. The van der Waals surface area contributed by atoms with Crippen LogP contribution in [0.25, 0.3) is 0 Å². The second-order valence-corrected chi connectivity index (χ2v) is 5.91. The minimum absolute atomic E-state index is 0.322. The van der Waals surface area contributed by atoms with Crippen molar-refractivity contribution in [2.45, 2.75) is 55.0 Å². The monoisotopic (exact) mass is 379 g/mol. The molecule has 2 N–H and O–H groups in total. The van der Waals surface area contributed by atoms with Crippen molar-refractivity contribution in [1.82, 2.24) is 0 Å². The molecule has 0 aliphatic heterocycles.